The van der Waals surface area contributed by atoms with Gasteiger partial charge in [-0.1, -0.05) is 0 Å². The number of nitrogens with zero attached hydrogens (tertiary/aromatic N) is 5. The van der Waals surface area contributed by atoms with Crippen molar-refractivity contribution in [3.8, 4) is 0 Å². The van der Waals surface area contributed by atoms with Gasteiger partial charge < -0.3 is 4.90 Å². The minimum absolute atomic E-state index is 0.296. The molecule has 0 saturated carbocycles. The van der Waals surface area contributed by atoms with E-state index in [4.69, 9.17) is 0 Å². The Hall–Kier alpha value is -3.41. The fraction of sp³-hybridized carbons (Fsp3) is 0.100. The summed E-state index contributed by atoms with van der Waals surface area (Å²) in [6.45, 7) is 0. The summed E-state index contributed by atoms with van der Waals surface area (Å²) >= 11 is 0. The molecule has 0 spiro atoms. The van der Waals surface area contributed by atoms with Crippen LogP contribution in [0.4, 0.5) is 32.8 Å². The lowest BCUT2D eigenvalue weighted by Gasteiger charge is -2.11. The first-order valence-electron chi connectivity index (χ1n) is 8.07. The van der Waals surface area contributed by atoms with Crippen molar-refractivity contribution in [2.24, 2.45) is 20.5 Å². The Labute approximate surface area is 151 Å². The summed E-state index contributed by atoms with van der Waals surface area (Å²) in [4.78, 5) is 2.03. The molecule has 0 heterocycles. The first-order valence-corrected chi connectivity index (χ1v) is 8.07. The highest BCUT2D eigenvalue weighted by Gasteiger charge is 1.96. The molecule has 0 N–H and O–H groups in total. The number of azo groups is 2. The van der Waals surface area contributed by atoms with Gasteiger partial charge >= 0.3 is 0 Å². The van der Waals surface area contributed by atoms with Crippen LogP contribution in [0.2, 0.25) is 0 Å². The van der Waals surface area contributed by atoms with Crippen molar-refractivity contribution in [1.29, 1.82) is 0 Å². The molecule has 26 heavy (non-hydrogen) atoms. The summed E-state index contributed by atoms with van der Waals surface area (Å²) in [6.07, 6.45) is 0. The summed E-state index contributed by atoms with van der Waals surface area (Å²) < 4.78 is 12.9. The molecule has 130 valence electrons. The fourth-order valence-electron chi connectivity index (χ4n) is 2.14. The largest absolute Gasteiger partial charge is 0.378 e. The Morgan fingerprint density at radius 3 is 1.19 bits per heavy atom. The maximum Gasteiger partial charge on any atom is 0.123 e. The normalized spacial score (nSPS) is 11.3. The number of benzene rings is 3. The average molecular weight is 347 g/mol. The molecule has 3 aromatic rings. The highest BCUT2D eigenvalue weighted by Crippen LogP contribution is 2.24. The molecule has 0 aromatic heterocycles. The molecule has 0 unspecified atom stereocenters. The standard InChI is InChI=1S/C20H18FN5/c1-26(2)20-13-11-19(12-14-20)25-24-18-9-7-17(8-10-18)23-22-16-5-3-15(21)4-6-16/h3-14H,1-2H3. The second-order valence-electron chi connectivity index (χ2n) is 5.80. The average Bonchev–Trinajstić information content (AvgIpc) is 2.67. The number of hydrogen-bond acceptors (Lipinski definition) is 5. The Balaban J connectivity index is 1.64. The maximum absolute atomic E-state index is 12.9. The summed E-state index contributed by atoms with van der Waals surface area (Å²) in [5.74, 6) is -0.296. The van der Waals surface area contributed by atoms with Crippen molar-refractivity contribution in [3.63, 3.8) is 0 Å². The van der Waals surface area contributed by atoms with Crippen LogP contribution in [0.5, 0.6) is 0 Å². The summed E-state index contributed by atoms with van der Waals surface area (Å²) in [5, 5.41) is 16.6. The minimum atomic E-state index is -0.296. The molecule has 0 radical (unpaired) electrons. The van der Waals surface area contributed by atoms with Gasteiger partial charge in [-0.15, -0.1) is 0 Å². The van der Waals surface area contributed by atoms with Gasteiger partial charge in [0.05, 0.1) is 22.7 Å². The summed E-state index contributed by atoms with van der Waals surface area (Å²) in [5.41, 5.74) is 3.90. The SMILES string of the molecule is CN(C)c1ccc(N=Nc2ccc(N=Nc3ccc(F)cc3)cc2)cc1. The lowest BCUT2D eigenvalue weighted by molar-refractivity contribution is 0.628. The molecule has 0 aliphatic heterocycles. The monoisotopic (exact) mass is 347 g/mol. The molecule has 0 fully saturated rings. The third-order valence-electron chi connectivity index (χ3n) is 3.60. The smallest absolute Gasteiger partial charge is 0.123 e. The molecule has 3 rings (SSSR count). The number of halogens is 1. The molecule has 5 nitrogen and oxygen atoms in total. The highest BCUT2D eigenvalue weighted by atomic mass is 19.1. The van der Waals surface area contributed by atoms with Crippen LogP contribution in [0.15, 0.2) is 93.3 Å². The van der Waals surface area contributed by atoms with E-state index in [-0.39, 0.29) is 5.82 Å². The van der Waals surface area contributed by atoms with E-state index in [1.165, 1.54) is 12.1 Å². The van der Waals surface area contributed by atoms with E-state index in [0.717, 1.165) is 17.1 Å². The third-order valence-corrected chi connectivity index (χ3v) is 3.60. The van der Waals surface area contributed by atoms with E-state index in [1.807, 2.05) is 55.4 Å². The lowest BCUT2D eigenvalue weighted by Crippen LogP contribution is -2.07. The number of anilines is 1. The van der Waals surface area contributed by atoms with Crippen molar-refractivity contribution in [3.05, 3.63) is 78.6 Å². The quantitative estimate of drug-likeness (QED) is 0.472. The molecule has 0 atom stereocenters. The van der Waals surface area contributed by atoms with E-state index in [1.54, 1.807) is 24.3 Å². The Morgan fingerprint density at radius 2 is 0.846 bits per heavy atom. The molecular formula is C20H18FN5. The zero-order chi connectivity index (χ0) is 18.4. The van der Waals surface area contributed by atoms with Crippen molar-refractivity contribution in [2.45, 2.75) is 0 Å². The Morgan fingerprint density at radius 1 is 0.538 bits per heavy atom. The van der Waals surface area contributed by atoms with Crippen LogP contribution in [0.1, 0.15) is 0 Å². The van der Waals surface area contributed by atoms with E-state index in [9.17, 15) is 4.39 Å². The maximum atomic E-state index is 12.9. The topological polar surface area (TPSA) is 52.7 Å². The Bertz CT molecular complexity index is 898. The van der Waals surface area contributed by atoms with Crippen LogP contribution >= 0.6 is 0 Å². The van der Waals surface area contributed by atoms with Crippen LogP contribution in [0.3, 0.4) is 0 Å². The molecule has 0 aliphatic carbocycles. The highest BCUT2D eigenvalue weighted by molar-refractivity contribution is 5.52. The predicted molar refractivity (Wildman–Crippen MR) is 102 cm³/mol. The second-order valence-corrected chi connectivity index (χ2v) is 5.80. The van der Waals surface area contributed by atoms with Crippen LogP contribution in [-0.4, -0.2) is 14.1 Å². The third kappa shape index (κ3) is 4.80. The molecule has 0 bridgehead atoms. The lowest BCUT2D eigenvalue weighted by atomic mass is 10.3. The van der Waals surface area contributed by atoms with Crippen molar-refractivity contribution < 1.29 is 4.39 Å². The van der Waals surface area contributed by atoms with Gasteiger partial charge in [-0.05, 0) is 72.8 Å². The zero-order valence-electron chi connectivity index (χ0n) is 14.5. The molecular weight excluding hydrogens is 329 g/mol. The molecule has 6 heteroatoms. The van der Waals surface area contributed by atoms with Crippen LogP contribution in [0.25, 0.3) is 0 Å². The van der Waals surface area contributed by atoms with Gasteiger partial charge in [0, 0.05) is 19.8 Å². The first kappa shape index (κ1) is 17.4. The van der Waals surface area contributed by atoms with Gasteiger partial charge in [-0.25, -0.2) is 4.39 Å². The van der Waals surface area contributed by atoms with Gasteiger partial charge in [0.1, 0.15) is 5.82 Å². The van der Waals surface area contributed by atoms with Crippen LogP contribution in [0, 0.1) is 5.82 Å². The molecule has 0 saturated heterocycles. The van der Waals surface area contributed by atoms with E-state index >= 15 is 0 Å². The van der Waals surface area contributed by atoms with Gasteiger partial charge in [-0.3, -0.25) is 0 Å². The second kappa shape index (κ2) is 8.11. The fourth-order valence-corrected chi connectivity index (χ4v) is 2.14. The van der Waals surface area contributed by atoms with E-state index in [0.29, 0.717) is 11.4 Å². The van der Waals surface area contributed by atoms with Gasteiger partial charge in [0.2, 0.25) is 0 Å². The molecule has 3 aromatic carbocycles. The van der Waals surface area contributed by atoms with Crippen LogP contribution < -0.4 is 4.90 Å². The Kier molecular flexibility index (Phi) is 5.43. The predicted octanol–water partition coefficient (Wildman–Crippen LogP) is 6.72. The van der Waals surface area contributed by atoms with Gasteiger partial charge in [0.25, 0.3) is 0 Å². The van der Waals surface area contributed by atoms with Gasteiger partial charge in [-0.2, -0.15) is 20.5 Å². The van der Waals surface area contributed by atoms with Crippen molar-refractivity contribution >= 4 is 28.4 Å². The van der Waals surface area contributed by atoms with Crippen molar-refractivity contribution in [2.75, 3.05) is 19.0 Å². The van der Waals surface area contributed by atoms with E-state index < -0.39 is 0 Å². The first-order chi connectivity index (χ1) is 12.6. The number of hydrogen-bond donors (Lipinski definition) is 0. The summed E-state index contributed by atoms with van der Waals surface area (Å²) in [7, 11) is 3.98. The molecule has 0 amide bonds. The zero-order valence-corrected chi connectivity index (χ0v) is 14.5. The molecule has 0 aliphatic rings. The van der Waals surface area contributed by atoms with Crippen LogP contribution in [-0.2, 0) is 0 Å². The van der Waals surface area contributed by atoms with E-state index in [2.05, 4.69) is 20.5 Å². The minimum Gasteiger partial charge on any atom is -0.378 e. The van der Waals surface area contributed by atoms with Crippen molar-refractivity contribution in [1.82, 2.24) is 0 Å². The van der Waals surface area contributed by atoms with Gasteiger partial charge in [0.15, 0.2) is 0 Å². The number of rotatable bonds is 5. The summed E-state index contributed by atoms with van der Waals surface area (Å²) in [6, 6.07) is 20.9.